The van der Waals surface area contributed by atoms with Crippen molar-refractivity contribution in [3.05, 3.63) is 35.6 Å². The number of nitrogens with zero attached hydrogens (tertiary/aromatic N) is 1. The summed E-state index contributed by atoms with van der Waals surface area (Å²) in [5, 5.41) is 6.00. The Morgan fingerprint density at radius 1 is 1.12 bits per heavy atom. The van der Waals surface area contributed by atoms with Crippen LogP contribution in [-0.4, -0.2) is 41.0 Å². The van der Waals surface area contributed by atoms with Gasteiger partial charge in [-0.15, -0.1) is 0 Å². The quantitative estimate of drug-likeness (QED) is 0.893. The van der Waals surface area contributed by atoms with Gasteiger partial charge in [-0.25, -0.2) is 9.18 Å². The predicted molar refractivity (Wildman–Crippen MR) is 89.2 cm³/mol. The summed E-state index contributed by atoms with van der Waals surface area (Å²) in [6.45, 7) is 3.91. The number of benzene rings is 1. The van der Waals surface area contributed by atoms with Crippen molar-refractivity contribution in [1.29, 1.82) is 0 Å². The highest BCUT2D eigenvalue weighted by Crippen LogP contribution is 2.35. The summed E-state index contributed by atoms with van der Waals surface area (Å²) in [5.41, 5.74) is 0.462. The lowest BCUT2D eigenvalue weighted by atomic mass is 9.97. The van der Waals surface area contributed by atoms with Crippen molar-refractivity contribution in [3.63, 3.8) is 0 Å². The molecule has 2 N–H and O–H groups in total. The topological polar surface area (TPSA) is 61.4 Å². The highest BCUT2D eigenvalue weighted by Gasteiger charge is 2.43. The van der Waals surface area contributed by atoms with E-state index in [9.17, 15) is 14.0 Å². The Hall–Kier alpha value is -2.11. The van der Waals surface area contributed by atoms with Crippen molar-refractivity contribution < 1.29 is 14.0 Å². The molecule has 2 fully saturated rings. The van der Waals surface area contributed by atoms with Crippen LogP contribution < -0.4 is 10.6 Å². The molecule has 2 saturated heterocycles. The molecule has 2 unspecified atom stereocenters. The van der Waals surface area contributed by atoms with Gasteiger partial charge in [0, 0.05) is 29.7 Å². The SMILES string of the molecule is CC(C)NC(=O)N1C2CCC1CC(NC(=O)c1ccc(F)cc1)C2. The number of urea groups is 1. The van der Waals surface area contributed by atoms with Gasteiger partial charge < -0.3 is 15.5 Å². The summed E-state index contributed by atoms with van der Waals surface area (Å²) < 4.78 is 13.0. The predicted octanol–water partition coefficient (Wildman–Crippen LogP) is 2.67. The molecule has 0 aliphatic carbocycles. The third-order valence-corrected chi connectivity index (χ3v) is 4.82. The number of carbonyl (C=O) groups excluding carboxylic acids is 2. The minimum absolute atomic E-state index is 0.000751. The highest BCUT2D eigenvalue weighted by atomic mass is 19.1. The molecule has 2 aliphatic heterocycles. The number of hydrogen-bond donors (Lipinski definition) is 2. The minimum Gasteiger partial charge on any atom is -0.349 e. The Labute approximate surface area is 141 Å². The third-order valence-electron chi connectivity index (χ3n) is 4.82. The standard InChI is InChI=1S/C18H24FN3O2/c1-11(2)20-18(24)22-15-7-8-16(22)10-14(9-15)21-17(23)12-3-5-13(19)6-4-12/h3-6,11,14-16H,7-10H2,1-2H3,(H,20,24)(H,21,23). The van der Waals surface area contributed by atoms with Gasteiger partial charge in [-0.05, 0) is 63.8 Å². The van der Waals surface area contributed by atoms with Crippen molar-refractivity contribution in [2.75, 3.05) is 0 Å². The van der Waals surface area contributed by atoms with E-state index in [2.05, 4.69) is 10.6 Å². The molecule has 24 heavy (non-hydrogen) atoms. The van der Waals surface area contributed by atoms with E-state index in [4.69, 9.17) is 0 Å². The molecule has 1 aromatic rings. The van der Waals surface area contributed by atoms with Crippen LogP contribution in [0.1, 0.15) is 49.9 Å². The first-order valence-electron chi connectivity index (χ1n) is 8.59. The van der Waals surface area contributed by atoms with Crippen LogP contribution in [0.3, 0.4) is 0 Å². The van der Waals surface area contributed by atoms with Crippen LogP contribution in [0.25, 0.3) is 0 Å². The van der Waals surface area contributed by atoms with E-state index in [-0.39, 0.29) is 41.9 Å². The maximum atomic E-state index is 13.0. The summed E-state index contributed by atoms with van der Waals surface area (Å²) >= 11 is 0. The summed E-state index contributed by atoms with van der Waals surface area (Å²) in [6, 6.07) is 6.10. The number of carbonyl (C=O) groups is 2. The van der Waals surface area contributed by atoms with E-state index >= 15 is 0 Å². The van der Waals surface area contributed by atoms with Crippen molar-refractivity contribution >= 4 is 11.9 Å². The number of fused-ring (bicyclic) bond motifs is 2. The van der Waals surface area contributed by atoms with Gasteiger partial charge in [-0.1, -0.05) is 0 Å². The van der Waals surface area contributed by atoms with Gasteiger partial charge in [0.2, 0.25) is 0 Å². The summed E-state index contributed by atoms with van der Waals surface area (Å²) in [5.74, 6) is -0.534. The Morgan fingerprint density at radius 3 is 2.25 bits per heavy atom. The molecule has 0 aromatic heterocycles. The van der Waals surface area contributed by atoms with Gasteiger partial charge in [0.05, 0.1) is 0 Å². The fourth-order valence-electron chi connectivity index (χ4n) is 3.82. The van der Waals surface area contributed by atoms with Gasteiger partial charge in [0.15, 0.2) is 0 Å². The molecule has 5 nitrogen and oxygen atoms in total. The van der Waals surface area contributed by atoms with Crippen molar-refractivity contribution in [2.45, 2.75) is 63.7 Å². The molecule has 6 heteroatoms. The molecule has 1 aromatic carbocycles. The van der Waals surface area contributed by atoms with Gasteiger partial charge in [-0.3, -0.25) is 4.79 Å². The first-order valence-corrected chi connectivity index (χ1v) is 8.59. The second kappa shape index (κ2) is 6.79. The smallest absolute Gasteiger partial charge is 0.318 e. The van der Waals surface area contributed by atoms with Crippen LogP contribution in [0.4, 0.5) is 9.18 Å². The number of nitrogens with one attached hydrogen (secondary N) is 2. The maximum absolute atomic E-state index is 13.0. The van der Waals surface area contributed by atoms with Crippen molar-refractivity contribution in [1.82, 2.24) is 15.5 Å². The van der Waals surface area contributed by atoms with E-state index in [0.717, 1.165) is 25.7 Å². The van der Waals surface area contributed by atoms with Crippen molar-refractivity contribution in [3.8, 4) is 0 Å². The molecule has 130 valence electrons. The fourth-order valence-corrected chi connectivity index (χ4v) is 3.82. The van der Waals surface area contributed by atoms with Crippen LogP contribution in [0.2, 0.25) is 0 Å². The normalized spacial score (nSPS) is 25.7. The lowest BCUT2D eigenvalue weighted by molar-refractivity contribution is 0.0884. The maximum Gasteiger partial charge on any atom is 0.318 e. The molecule has 2 aliphatic rings. The average molecular weight is 333 g/mol. The van der Waals surface area contributed by atoms with Crippen LogP contribution in [0, 0.1) is 5.82 Å². The first kappa shape index (κ1) is 16.7. The number of amides is 3. The Balaban J connectivity index is 1.60. The van der Waals surface area contributed by atoms with Crippen LogP contribution in [0.15, 0.2) is 24.3 Å². The van der Waals surface area contributed by atoms with Crippen molar-refractivity contribution in [2.24, 2.45) is 0 Å². The largest absolute Gasteiger partial charge is 0.349 e. The van der Waals surface area contributed by atoms with Crippen LogP contribution in [0.5, 0.6) is 0 Å². The fraction of sp³-hybridized carbons (Fsp3) is 0.556. The lowest BCUT2D eigenvalue weighted by Gasteiger charge is -2.39. The molecular formula is C18H24FN3O2. The lowest BCUT2D eigenvalue weighted by Crippen LogP contribution is -2.55. The molecule has 3 rings (SSSR count). The van der Waals surface area contributed by atoms with E-state index in [1.165, 1.54) is 24.3 Å². The van der Waals surface area contributed by atoms with Crippen LogP contribution >= 0.6 is 0 Å². The molecule has 0 saturated carbocycles. The monoisotopic (exact) mass is 333 g/mol. The van der Waals surface area contributed by atoms with Gasteiger partial charge in [0.1, 0.15) is 5.82 Å². The van der Waals surface area contributed by atoms with E-state index in [1.54, 1.807) is 0 Å². The minimum atomic E-state index is -0.353. The van der Waals surface area contributed by atoms with Crippen LogP contribution in [-0.2, 0) is 0 Å². The molecule has 2 bridgehead atoms. The average Bonchev–Trinajstić information content (AvgIpc) is 2.79. The highest BCUT2D eigenvalue weighted by molar-refractivity contribution is 5.94. The summed E-state index contributed by atoms with van der Waals surface area (Å²) in [4.78, 5) is 26.6. The Morgan fingerprint density at radius 2 is 1.71 bits per heavy atom. The van der Waals surface area contributed by atoms with E-state index < -0.39 is 0 Å². The van der Waals surface area contributed by atoms with Gasteiger partial charge in [-0.2, -0.15) is 0 Å². The van der Waals surface area contributed by atoms with Gasteiger partial charge in [0.25, 0.3) is 5.91 Å². The number of halogens is 1. The first-order chi connectivity index (χ1) is 11.4. The molecular weight excluding hydrogens is 309 g/mol. The van der Waals surface area contributed by atoms with E-state index in [0.29, 0.717) is 5.56 Å². The molecule has 2 atom stereocenters. The summed E-state index contributed by atoms with van der Waals surface area (Å²) in [6.07, 6.45) is 3.52. The molecule has 2 heterocycles. The van der Waals surface area contributed by atoms with Gasteiger partial charge >= 0.3 is 6.03 Å². The molecule has 3 amide bonds. The third kappa shape index (κ3) is 3.52. The number of piperidine rings is 1. The number of hydrogen-bond acceptors (Lipinski definition) is 2. The zero-order valence-electron chi connectivity index (χ0n) is 14.1. The van der Waals surface area contributed by atoms with E-state index in [1.807, 2.05) is 18.7 Å². The summed E-state index contributed by atoms with van der Waals surface area (Å²) in [7, 11) is 0. The Kier molecular flexibility index (Phi) is 4.73. The zero-order valence-corrected chi connectivity index (χ0v) is 14.1. The second-order valence-electron chi connectivity index (χ2n) is 7.05. The number of rotatable bonds is 3. The molecule has 0 spiro atoms. The Bertz CT molecular complexity index is 603. The second-order valence-corrected chi connectivity index (χ2v) is 7.05. The molecule has 0 radical (unpaired) electrons. The zero-order chi connectivity index (χ0) is 17.3.